The third-order valence-corrected chi connectivity index (χ3v) is 4.58. The van der Waals surface area contributed by atoms with Crippen molar-refractivity contribution < 1.29 is 9.32 Å². The molecule has 0 aromatic carbocycles. The molecule has 1 aliphatic heterocycles. The van der Waals surface area contributed by atoms with Gasteiger partial charge in [0.1, 0.15) is 17.3 Å². The van der Waals surface area contributed by atoms with Gasteiger partial charge >= 0.3 is 0 Å². The molecule has 6 nitrogen and oxygen atoms in total. The predicted molar refractivity (Wildman–Crippen MR) is 92.0 cm³/mol. The van der Waals surface area contributed by atoms with Crippen LogP contribution in [0.1, 0.15) is 54.5 Å². The summed E-state index contributed by atoms with van der Waals surface area (Å²) in [6, 6.07) is 5.70. The number of nitrogens with zero attached hydrogens (tertiary/aromatic N) is 4. The zero-order valence-corrected chi connectivity index (χ0v) is 14.5. The van der Waals surface area contributed by atoms with E-state index in [4.69, 9.17) is 4.52 Å². The molecule has 3 rings (SSSR count). The van der Waals surface area contributed by atoms with E-state index in [1.165, 1.54) is 0 Å². The number of anilines is 1. The van der Waals surface area contributed by atoms with E-state index in [-0.39, 0.29) is 11.9 Å². The van der Waals surface area contributed by atoms with Crippen molar-refractivity contribution in [1.29, 1.82) is 0 Å². The van der Waals surface area contributed by atoms with Gasteiger partial charge in [0.05, 0.1) is 11.6 Å². The zero-order chi connectivity index (χ0) is 17.1. The Bertz CT molecular complexity index is 691. The number of hydrogen-bond acceptors (Lipinski definition) is 5. The van der Waals surface area contributed by atoms with Crippen LogP contribution in [0.2, 0.25) is 0 Å². The summed E-state index contributed by atoms with van der Waals surface area (Å²) < 4.78 is 5.17. The average molecular weight is 328 g/mol. The number of pyridine rings is 1. The number of rotatable bonds is 5. The normalized spacial score (nSPS) is 17.3. The summed E-state index contributed by atoms with van der Waals surface area (Å²) in [6.07, 6.45) is 3.58. The molecule has 128 valence electrons. The van der Waals surface area contributed by atoms with Crippen LogP contribution in [0, 0.1) is 6.92 Å². The van der Waals surface area contributed by atoms with Gasteiger partial charge in [0.25, 0.3) is 5.91 Å². The Morgan fingerprint density at radius 2 is 2.17 bits per heavy atom. The van der Waals surface area contributed by atoms with E-state index in [9.17, 15) is 4.79 Å². The van der Waals surface area contributed by atoms with E-state index in [1.807, 2.05) is 30.0 Å². The van der Waals surface area contributed by atoms with Crippen LogP contribution in [0.3, 0.4) is 0 Å². The fourth-order valence-electron chi connectivity index (χ4n) is 3.27. The smallest absolute Gasteiger partial charge is 0.255 e. The van der Waals surface area contributed by atoms with Crippen molar-refractivity contribution >= 4 is 11.7 Å². The fraction of sp³-hybridized carbons (Fsp3) is 0.500. The van der Waals surface area contributed by atoms with Gasteiger partial charge in [-0.15, -0.1) is 0 Å². The Balaban J connectivity index is 1.78. The van der Waals surface area contributed by atoms with Gasteiger partial charge in [-0.05, 0) is 45.7 Å². The molecular formula is C18H24N4O2. The van der Waals surface area contributed by atoms with Crippen LogP contribution in [0.5, 0.6) is 0 Å². The molecule has 1 amide bonds. The number of likely N-dealkylation sites (tertiary alicyclic amines) is 1. The lowest BCUT2D eigenvalue weighted by molar-refractivity contribution is 0.0730. The Morgan fingerprint density at radius 1 is 1.38 bits per heavy atom. The average Bonchev–Trinajstić information content (AvgIpc) is 3.24. The van der Waals surface area contributed by atoms with Crippen LogP contribution in [-0.4, -0.2) is 40.6 Å². The first-order valence-corrected chi connectivity index (χ1v) is 8.59. The lowest BCUT2D eigenvalue weighted by Crippen LogP contribution is -2.31. The number of aromatic nitrogens is 2. The summed E-state index contributed by atoms with van der Waals surface area (Å²) in [5.41, 5.74) is 1.46. The third-order valence-electron chi connectivity index (χ3n) is 4.58. The fourth-order valence-corrected chi connectivity index (χ4v) is 3.27. The van der Waals surface area contributed by atoms with Crippen molar-refractivity contribution in [3.05, 3.63) is 41.4 Å². The molecule has 24 heavy (non-hydrogen) atoms. The topological polar surface area (TPSA) is 62.5 Å². The summed E-state index contributed by atoms with van der Waals surface area (Å²) in [5.74, 6) is 1.69. The Morgan fingerprint density at radius 3 is 2.75 bits per heavy atom. The lowest BCUT2D eigenvalue weighted by atomic mass is 10.1. The second-order valence-corrected chi connectivity index (χ2v) is 6.10. The van der Waals surface area contributed by atoms with E-state index >= 15 is 0 Å². The molecule has 1 atom stereocenters. The van der Waals surface area contributed by atoms with Gasteiger partial charge in [-0.3, -0.25) is 4.79 Å². The summed E-state index contributed by atoms with van der Waals surface area (Å²) in [5, 5.41) is 4.09. The van der Waals surface area contributed by atoms with Gasteiger partial charge in [0.15, 0.2) is 0 Å². The van der Waals surface area contributed by atoms with Crippen LogP contribution in [0.15, 0.2) is 28.9 Å². The first kappa shape index (κ1) is 16.5. The molecule has 0 unspecified atom stereocenters. The number of carbonyl (C=O) groups excluding carboxylic acids is 1. The molecule has 3 heterocycles. The molecular weight excluding hydrogens is 304 g/mol. The minimum atomic E-state index is -0.00240. The second-order valence-electron chi connectivity index (χ2n) is 6.10. The van der Waals surface area contributed by atoms with E-state index in [0.717, 1.165) is 49.7 Å². The molecule has 1 fully saturated rings. The summed E-state index contributed by atoms with van der Waals surface area (Å²) >= 11 is 0. The highest BCUT2D eigenvalue weighted by Crippen LogP contribution is 2.32. The van der Waals surface area contributed by atoms with Gasteiger partial charge in [0, 0.05) is 31.9 Å². The van der Waals surface area contributed by atoms with E-state index in [1.54, 1.807) is 6.20 Å². The first-order chi connectivity index (χ1) is 11.6. The second kappa shape index (κ2) is 7.03. The number of carbonyl (C=O) groups is 1. The van der Waals surface area contributed by atoms with Crippen molar-refractivity contribution in [3.63, 3.8) is 0 Å². The highest BCUT2D eigenvalue weighted by molar-refractivity contribution is 5.94. The summed E-state index contributed by atoms with van der Waals surface area (Å²) in [6.45, 7) is 8.60. The third kappa shape index (κ3) is 3.13. The van der Waals surface area contributed by atoms with Crippen molar-refractivity contribution in [2.75, 3.05) is 24.5 Å². The molecule has 2 aromatic rings. The predicted octanol–water partition coefficient (Wildman–Crippen LogP) is 3.20. The first-order valence-electron chi connectivity index (χ1n) is 8.59. The maximum absolute atomic E-state index is 12.9. The highest BCUT2D eigenvalue weighted by atomic mass is 16.5. The van der Waals surface area contributed by atoms with Gasteiger partial charge in [-0.25, -0.2) is 4.98 Å². The number of aryl methyl sites for hydroxylation is 1. The van der Waals surface area contributed by atoms with Crippen molar-refractivity contribution in [2.24, 2.45) is 0 Å². The molecule has 0 saturated carbocycles. The van der Waals surface area contributed by atoms with Crippen molar-refractivity contribution in [2.45, 2.75) is 39.7 Å². The maximum atomic E-state index is 12.9. The van der Waals surface area contributed by atoms with Crippen LogP contribution in [0.4, 0.5) is 5.82 Å². The molecule has 0 radical (unpaired) electrons. The highest BCUT2D eigenvalue weighted by Gasteiger charge is 2.32. The van der Waals surface area contributed by atoms with Crippen LogP contribution in [0.25, 0.3) is 0 Å². The largest absolute Gasteiger partial charge is 0.361 e. The minimum absolute atomic E-state index is 0.00240. The molecule has 0 spiro atoms. The van der Waals surface area contributed by atoms with E-state index in [0.29, 0.717) is 5.56 Å². The Hall–Kier alpha value is -2.37. The molecule has 0 aliphatic carbocycles. The molecule has 1 saturated heterocycles. The monoisotopic (exact) mass is 328 g/mol. The Labute approximate surface area is 142 Å². The SMILES string of the molecule is CCN(CC)c1ccc(C(=O)N2CCC[C@@H]2c2cc(C)on2)cn1. The molecule has 0 N–H and O–H groups in total. The van der Waals surface area contributed by atoms with Crippen molar-refractivity contribution in [3.8, 4) is 0 Å². The lowest BCUT2D eigenvalue weighted by Gasteiger charge is -2.23. The Kier molecular flexibility index (Phi) is 4.83. The standard InChI is InChI=1S/C18H24N4O2/c1-4-21(5-2)17-9-8-14(12-19-17)18(23)22-10-6-7-16(22)15-11-13(3)24-20-15/h8-9,11-12,16H,4-7,10H2,1-3H3/t16-/m1/s1. The van der Waals surface area contributed by atoms with Gasteiger partial charge in [0.2, 0.25) is 0 Å². The molecule has 2 aromatic heterocycles. The maximum Gasteiger partial charge on any atom is 0.255 e. The minimum Gasteiger partial charge on any atom is -0.361 e. The molecule has 0 bridgehead atoms. The van der Waals surface area contributed by atoms with Crippen molar-refractivity contribution in [1.82, 2.24) is 15.0 Å². The van der Waals surface area contributed by atoms with Gasteiger partial charge < -0.3 is 14.3 Å². The quantitative estimate of drug-likeness (QED) is 0.843. The van der Waals surface area contributed by atoms with Crippen LogP contribution >= 0.6 is 0 Å². The summed E-state index contributed by atoms with van der Waals surface area (Å²) in [4.78, 5) is 21.4. The molecule has 6 heteroatoms. The van der Waals surface area contributed by atoms with Gasteiger partial charge in [-0.1, -0.05) is 5.16 Å². The molecule has 1 aliphatic rings. The number of amides is 1. The van der Waals surface area contributed by atoms with Gasteiger partial charge in [-0.2, -0.15) is 0 Å². The summed E-state index contributed by atoms with van der Waals surface area (Å²) in [7, 11) is 0. The van der Waals surface area contributed by atoms with Crippen LogP contribution in [-0.2, 0) is 0 Å². The van der Waals surface area contributed by atoms with E-state index < -0.39 is 0 Å². The number of hydrogen-bond donors (Lipinski definition) is 0. The van der Waals surface area contributed by atoms with E-state index in [2.05, 4.69) is 28.9 Å². The van der Waals surface area contributed by atoms with Crippen LogP contribution < -0.4 is 4.90 Å². The zero-order valence-electron chi connectivity index (χ0n) is 14.5.